The minimum Gasteiger partial charge on any atom is -0.452 e. The van der Waals surface area contributed by atoms with Crippen molar-refractivity contribution in [3.8, 4) is 0 Å². The molecular weight excluding hydrogens is 263 g/mol. The molecule has 102 valence electrons. The van der Waals surface area contributed by atoms with E-state index in [4.69, 9.17) is 5.73 Å². The summed E-state index contributed by atoms with van der Waals surface area (Å²) in [6.07, 6.45) is -2.38. The van der Waals surface area contributed by atoms with Gasteiger partial charge in [-0.25, -0.2) is 4.79 Å². The summed E-state index contributed by atoms with van der Waals surface area (Å²) in [6.45, 7) is -0.578. The van der Waals surface area contributed by atoms with Gasteiger partial charge < -0.3 is 10.5 Å². The van der Waals surface area contributed by atoms with Gasteiger partial charge in [-0.1, -0.05) is 12.1 Å². The van der Waals surface area contributed by atoms with Crippen LogP contribution in [0.4, 0.5) is 13.2 Å². The first-order valence-electron chi connectivity index (χ1n) is 5.09. The highest BCUT2D eigenvalue weighted by Gasteiger charge is 2.30. The number of halogens is 3. The molecule has 1 aromatic rings. The number of nitrogens with two attached hydrogens (primary N) is 1. The van der Waals surface area contributed by atoms with Gasteiger partial charge >= 0.3 is 12.1 Å². The zero-order chi connectivity index (χ0) is 14.5. The van der Waals surface area contributed by atoms with E-state index in [1.54, 1.807) is 0 Å². The van der Waals surface area contributed by atoms with E-state index in [0.29, 0.717) is 0 Å². The van der Waals surface area contributed by atoms with Gasteiger partial charge in [0.05, 0.1) is 5.56 Å². The van der Waals surface area contributed by atoms with E-state index in [2.05, 4.69) is 4.74 Å². The highest BCUT2D eigenvalue weighted by Crippen LogP contribution is 2.29. The summed E-state index contributed by atoms with van der Waals surface area (Å²) in [7, 11) is 0. The third-order valence-electron chi connectivity index (χ3n) is 1.98. The monoisotopic (exact) mass is 273 g/mol. The van der Waals surface area contributed by atoms with Crippen LogP contribution < -0.4 is 5.73 Å². The normalized spacial score (nSPS) is 11.5. The summed E-state index contributed by atoms with van der Waals surface area (Å²) < 4.78 is 41.6. The first-order chi connectivity index (χ1) is 8.79. The molecule has 7 heteroatoms. The molecule has 0 aliphatic carbocycles. The van der Waals surface area contributed by atoms with Gasteiger partial charge in [-0.05, 0) is 23.8 Å². The Morgan fingerprint density at radius 2 is 2.00 bits per heavy atom. The van der Waals surface area contributed by atoms with Crippen LogP contribution >= 0.6 is 0 Å². The molecule has 1 rings (SSSR count). The fraction of sp³-hybridized carbons (Fsp3) is 0.167. The van der Waals surface area contributed by atoms with Crippen molar-refractivity contribution in [3.05, 3.63) is 41.5 Å². The maximum atomic E-state index is 12.4. The van der Waals surface area contributed by atoms with E-state index in [1.165, 1.54) is 12.1 Å². The number of carbonyl (C=O) groups is 2. The molecule has 0 heterocycles. The van der Waals surface area contributed by atoms with Crippen LogP contribution in [0.15, 0.2) is 30.3 Å². The Kier molecular flexibility index (Phi) is 4.68. The maximum absolute atomic E-state index is 12.4. The molecule has 0 aromatic heterocycles. The number of benzene rings is 1. The number of carbonyl (C=O) groups excluding carboxylic acids is 2. The standard InChI is InChI=1S/C12H10F3NO3/c13-12(14,15)9-3-1-2-8(6-9)4-5-11(18)19-7-10(16)17/h1-6H,7H2,(H2,16,17). The van der Waals surface area contributed by atoms with Crippen molar-refractivity contribution >= 4 is 18.0 Å². The van der Waals surface area contributed by atoms with Crippen LogP contribution in [-0.2, 0) is 20.5 Å². The zero-order valence-corrected chi connectivity index (χ0v) is 9.61. The largest absolute Gasteiger partial charge is 0.452 e. The van der Waals surface area contributed by atoms with E-state index >= 15 is 0 Å². The number of amides is 1. The molecule has 0 unspecified atom stereocenters. The van der Waals surface area contributed by atoms with Crippen molar-refractivity contribution in [2.45, 2.75) is 6.18 Å². The summed E-state index contributed by atoms with van der Waals surface area (Å²) in [5, 5.41) is 0. The number of rotatable bonds is 4. The predicted molar refractivity (Wildman–Crippen MR) is 60.6 cm³/mol. The van der Waals surface area contributed by atoms with Crippen molar-refractivity contribution in [1.29, 1.82) is 0 Å². The minimum absolute atomic E-state index is 0.186. The number of hydrogen-bond donors (Lipinski definition) is 1. The van der Waals surface area contributed by atoms with Crippen LogP contribution in [0.1, 0.15) is 11.1 Å². The molecule has 19 heavy (non-hydrogen) atoms. The van der Waals surface area contributed by atoms with Crippen LogP contribution in [0.25, 0.3) is 6.08 Å². The minimum atomic E-state index is -4.45. The Bertz CT molecular complexity index is 509. The Hall–Kier alpha value is -2.31. The Labute approximate surface area is 106 Å². The van der Waals surface area contributed by atoms with E-state index in [-0.39, 0.29) is 5.56 Å². The van der Waals surface area contributed by atoms with Gasteiger partial charge in [-0.2, -0.15) is 13.2 Å². The van der Waals surface area contributed by atoms with Crippen molar-refractivity contribution in [1.82, 2.24) is 0 Å². The number of hydrogen-bond acceptors (Lipinski definition) is 3. The zero-order valence-electron chi connectivity index (χ0n) is 9.61. The SMILES string of the molecule is NC(=O)COC(=O)C=Cc1cccc(C(F)(F)F)c1. The highest BCUT2D eigenvalue weighted by molar-refractivity contribution is 5.89. The molecule has 1 aromatic carbocycles. The van der Waals surface area contributed by atoms with E-state index in [1.807, 2.05) is 0 Å². The molecule has 4 nitrogen and oxygen atoms in total. The second-order valence-electron chi connectivity index (χ2n) is 3.53. The number of ether oxygens (including phenoxy) is 1. The van der Waals surface area contributed by atoms with Crippen molar-refractivity contribution in [3.63, 3.8) is 0 Å². The third kappa shape index (κ3) is 5.24. The third-order valence-corrected chi connectivity index (χ3v) is 1.98. The lowest BCUT2D eigenvalue weighted by Gasteiger charge is -2.06. The summed E-state index contributed by atoms with van der Waals surface area (Å²) in [4.78, 5) is 21.4. The lowest BCUT2D eigenvalue weighted by molar-refractivity contribution is -0.142. The van der Waals surface area contributed by atoms with Gasteiger partial charge in [0, 0.05) is 6.08 Å². The molecule has 0 fully saturated rings. The van der Waals surface area contributed by atoms with Crippen LogP contribution in [0, 0.1) is 0 Å². The molecule has 0 saturated heterocycles. The lowest BCUT2D eigenvalue weighted by Crippen LogP contribution is -2.19. The topological polar surface area (TPSA) is 69.4 Å². The van der Waals surface area contributed by atoms with Gasteiger partial charge in [0.25, 0.3) is 5.91 Å². The summed E-state index contributed by atoms with van der Waals surface area (Å²) in [5.41, 5.74) is 4.12. The van der Waals surface area contributed by atoms with Gasteiger partial charge in [0.1, 0.15) is 0 Å². The van der Waals surface area contributed by atoms with Gasteiger partial charge in [0.15, 0.2) is 6.61 Å². The molecular formula is C12H10F3NO3. The van der Waals surface area contributed by atoms with Crippen molar-refractivity contribution in [2.75, 3.05) is 6.61 Å². The Morgan fingerprint density at radius 3 is 2.58 bits per heavy atom. The molecule has 0 aliphatic rings. The van der Waals surface area contributed by atoms with Gasteiger partial charge in [0.2, 0.25) is 0 Å². The smallest absolute Gasteiger partial charge is 0.416 e. The second-order valence-corrected chi connectivity index (χ2v) is 3.53. The molecule has 0 aliphatic heterocycles. The van der Waals surface area contributed by atoms with Gasteiger partial charge in [-0.3, -0.25) is 4.79 Å². The predicted octanol–water partition coefficient (Wildman–Crippen LogP) is 1.75. The van der Waals surface area contributed by atoms with Crippen LogP contribution in [0.2, 0.25) is 0 Å². The van der Waals surface area contributed by atoms with E-state index in [9.17, 15) is 22.8 Å². The molecule has 0 spiro atoms. The highest BCUT2D eigenvalue weighted by atomic mass is 19.4. The first kappa shape index (κ1) is 14.7. The lowest BCUT2D eigenvalue weighted by atomic mass is 10.1. The Balaban J connectivity index is 2.72. The number of alkyl halides is 3. The van der Waals surface area contributed by atoms with Crippen molar-refractivity contribution in [2.24, 2.45) is 5.73 Å². The van der Waals surface area contributed by atoms with Crippen LogP contribution in [-0.4, -0.2) is 18.5 Å². The first-order valence-corrected chi connectivity index (χ1v) is 5.09. The number of primary amides is 1. The number of esters is 1. The molecule has 2 N–H and O–H groups in total. The van der Waals surface area contributed by atoms with Gasteiger partial charge in [-0.15, -0.1) is 0 Å². The van der Waals surface area contributed by atoms with Crippen LogP contribution in [0.3, 0.4) is 0 Å². The quantitative estimate of drug-likeness (QED) is 0.671. The molecule has 0 atom stereocenters. The summed E-state index contributed by atoms with van der Waals surface area (Å²) >= 11 is 0. The van der Waals surface area contributed by atoms with E-state index in [0.717, 1.165) is 24.3 Å². The summed E-state index contributed by atoms with van der Waals surface area (Å²) in [6, 6.07) is 4.42. The molecule has 0 radical (unpaired) electrons. The van der Waals surface area contributed by atoms with Crippen LogP contribution in [0.5, 0.6) is 0 Å². The molecule has 1 amide bonds. The van der Waals surface area contributed by atoms with Crippen molar-refractivity contribution < 1.29 is 27.5 Å². The second kappa shape index (κ2) is 6.03. The van der Waals surface area contributed by atoms with E-state index < -0.39 is 30.2 Å². The molecule has 0 saturated carbocycles. The molecule has 0 bridgehead atoms. The average molecular weight is 273 g/mol. The fourth-order valence-corrected chi connectivity index (χ4v) is 1.17. The maximum Gasteiger partial charge on any atom is 0.416 e. The summed E-state index contributed by atoms with van der Waals surface area (Å²) in [5.74, 6) is -1.68. The fourth-order valence-electron chi connectivity index (χ4n) is 1.17. The average Bonchev–Trinajstić information content (AvgIpc) is 2.33. The Morgan fingerprint density at radius 1 is 1.32 bits per heavy atom.